The highest BCUT2D eigenvalue weighted by molar-refractivity contribution is 5.79. The molecule has 2 rings (SSSR count). The number of rotatable bonds is 5. The van der Waals surface area contributed by atoms with E-state index in [4.69, 9.17) is 0 Å². The molecule has 1 atom stereocenters. The lowest BCUT2D eigenvalue weighted by atomic mass is 10.0. The Kier molecular flexibility index (Phi) is 4.76. The normalized spacial score (nSPS) is 17.6. The van der Waals surface area contributed by atoms with E-state index in [2.05, 4.69) is 5.32 Å². The first kappa shape index (κ1) is 13.1. The van der Waals surface area contributed by atoms with Gasteiger partial charge in [0.2, 0.25) is 5.91 Å². The number of carbonyl (C=O) groups is 1. The molecule has 0 aromatic heterocycles. The number of nitrogens with one attached hydrogen (secondary N) is 1. The third kappa shape index (κ3) is 3.57. The summed E-state index contributed by atoms with van der Waals surface area (Å²) in [5.41, 5.74) is 1.14. The van der Waals surface area contributed by atoms with Crippen molar-refractivity contribution in [3.8, 4) is 0 Å². The van der Waals surface area contributed by atoms with Crippen LogP contribution in [0.15, 0.2) is 30.3 Å². The molecule has 1 fully saturated rings. The lowest BCUT2D eigenvalue weighted by Gasteiger charge is -2.19. The van der Waals surface area contributed by atoms with Gasteiger partial charge in [-0.2, -0.15) is 0 Å². The zero-order valence-electron chi connectivity index (χ0n) is 10.6. The van der Waals surface area contributed by atoms with Crippen LogP contribution in [0.1, 0.15) is 31.2 Å². The Hall–Kier alpha value is -1.35. The van der Waals surface area contributed by atoms with Gasteiger partial charge in [0, 0.05) is 5.92 Å². The summed E-state index contributed by atoms with van der Waals surface area (Å²) in [5, 5.41) is 12.3. The van der Waals surface area contributed by atoms with Gasteiger partial charge in [-0.25, -0.2) is 0 Å². The first-order chi connectivity index (χ1) is 8.79. The van der Waals surface area contributed by atoms with Gasteiger partial charge in [-0.3, -0.25) is 4.79 Å². The second-order valence-electron chi connectivity index (χ2n) is 5.06. The van der Waals surface area contributed by atoms with E-state index in [1.807, 2.05) is 30.3 Å². The zero-order valence-corrected chi connectivity index (χ0v) is 10.6. The van der Waals surface area contributed by atoms with Crippen molar-refractivity contribution in [2.45, 2.75) is 38.1 Å². The van der Waals surface area contributed by atoms with E-state index in [1.165, 1.54) is 0 Å². The fourth-order valence-corrected chi connectivity index (χ4v) is 2.57. The van der Waals surface area contributed by atoms with E-state index in [1.54, 1.807) is 0 Å². The minimum Gasteiger partial charge on any atom is -0.394 e. The number of aliphatic hydroxyl groups is 1. The maximum Gasteiger partial charge on any atom is 0.223 e. The van der Waals surface area contributed by atoms with Crippen molar-refractivity contribution in [2.75, 3.05) is 6.61 Å². The van der Waals surface area contributed by atoms with Crippen LogP contribution in [0.4, 0.5) is 0 Å². The Morgan fingerprint density at radius 2 is 1.94 bits per heavy atom. The smallest absolute Gasteiger partial charge is 0.223 e. The average Bonchev–Trinajstić information content (AvgIpc) is 2.93. The van der Waals surface area contributed by atoms with Crippen molar-refractivity contribution in [3.63, 3.8) is 0 Å². The molecule has 1 amide bonds. The Morgan fingerprint density at radius 1 is 1.28 bits per heavy atom. The van der Waals surface area contributed by atoms with Crippen molar-refractivity contribution in [2.24, 2.45) is 5.92 Å². The van der Waals surface area contributed by atoms with Crippen LogP contribution in [0, 0.1) is 5.92 Å². The topological polar surface area (TPSA) is 49.3 Å². The number of amides is 1. The van der Waals surface area contributed by atoms with Gasteiger partial charge in [0.1, 0.15) is 0 Å². The van der Waals surface area contributed by atoms with E-state index >= 15 is 0 Å². The van der Waals surface area contributed by atoms with Crippen molar-refractivity contribution in [3.05, 3.63) is 35.9 Å². The van der Waals surface area contributed by atoms with Crippen LogP contribution < -0.4 is 5.32 Å². The molecule has 3 nitrogen and oxygen atoms in total. The number of aliphatic hydroxyl groups excluding tert-OH is 1. The summed E-state index contributed by atoms with van der Waals surface area (Å²) in [6.45, 7) is -0.00659. The molecule has 0 heterocycles. The molecule has 1 unspecified atom stereocenters. The summed E-state index contributed by atoms with van der Waals surface area (Å²) < 4.78 is 0. The molecular formula is C15H21NO2. The number of hydrogen-bond acceptors (Lipinski definition) is 2. The third-order valence-corrected chi connectivity index (χ3v) is 3.62. The van der Waals surface area contributed by atoms with E-state index < -0.39 is 0 Å². The van der Waals surface area contributed by atoms with Gasteiger partial charge < -0.3 is 10.4 Å². The largest absolute Gasteiger partial charge is 0.394 e. The molecule has 18 heavy (non-hydrogen) atoms. The highest BCUT2D eigenvalue weighted by atomic mass is 16.3. The maximum atomic E-state index is 12.0. The number of hydrogen-bond donors (Lipinski definition) is 2. The van der Waals surface area contributed by atoms with Crippen LogP contribution >= 0.6 is 0 Å². The van der Waals surface area contributed by atoms with Crippen LogP contribution in [-0.4, -0.2) is 23.7 Å². The van der Waals surface area contributed by atoms with Crippen LogP contribution in [0.3, 0.4) is 0 Å². The predicted octanol–water partition coefficient (Wildman–Crippen LogP) is 1.90. The van der Waals surface area contributed by atoms with Gasteiger partial charge in [-0.15, -0.1) is 0 Å². The Morgan fingerprint density at radius 3 is 2.56 bits per heavy atom. The maximum absolute atomic E-state index is 12.0. The fourth-order valence-electron chi connectivity index (χ4n) is 2.57. The lowest BCUT2D eigenvalue weighted by molar-refractivity contribution is -0.125. The van der Waals surface area contributed by atoms with Crippen LogP contribution in [0.25, 0.3) is 0 Å². The molecule has 0 spiro atoms. The quantitative estimate of drug-likeness (QED) is 0.835. The SMILES string of the molecule is O=C(NC(CO)Cc1ccccc1)C1CCCC1. The van der Waals surface area contributed by atoms with E-state index in [0.717, 1.165) is 31.2 Å². The Bertz CT molecular complexity index is 371. The van der Waals surface area contributed by atoms with Gasteiger partial charge in [-0.1, -0.05) is 43.2 Å². The molecule has 1 aliphatic rings. The standard InChI is InChI=1S/C15H21NO2/c17-11-14(10-12-6-2-1-3-7-12)16-15(18)13-8-4-5-9-13/h1-3,6-7,13-14,17H,4-5,8-11H2,(H,16,18). The summed E-state index contributed by atoms with van der Waals surface area (Å²) in [7, 11) is 0. The predicted molar refractivity (Wildman–Crippen MR) is 71.1 cm³/mol. The van der Waals surface area contributed by atoms with Crippen molar-refractivity contribution < 1.29 is 9.90 Å². The monoisotopic (exact) mass is 247 g/mol. The summed E-state index contributed by atoms with van der Waals surface area (Å²) >= 11 is 0. The first-order valence-electron chi connectivity index (χ1n) is 6.74. The minimum atomic E-state index is -0.166. The molecule has 0 saturated heterocycles. The van der Waals surface area contributed by atoms with Crippen LogP contribution in [0.5, 0.6) is 0 Å². The number of carbonyl (C=O) groups excluding carboxylic acids is 1. The molecule has 98 valence electrons. The second-order valence-corrected chi connectivity index (χ2v) is 5.06. The molecule has 0 bridgehead atoms. The molecule has 1 saturated carbocycles. The van der Waals surface area contributed by atoms with Gasteiger partial charge in [-0.05, 0) is 24.8 Å². The Labute approximate surface area is 108 Å². The molecule has 1 aromatic rings. The average molecular weight is 247 g/mol. The van der Waals surface area contributed by atoms with Crippen LogP contribution in [-0.2, 0) is 11.2 Å². The van der Waals surface area contributed by atoms with Crippen molar-refractivity contribution in [1.82, 2.24) is 5.32 Å². The number of benzene rings is 1. The van der Waals surface area contributed by atoms with Gasteiger partial charge in [0.05, 0.1) is 12.6 Å². The highest BCUT2D eigenvalue weighted by Gasteiger charge is 2.24. The summed E-state index contributed by atoms with van der Waals surface area (Å²) in [6.07, 6.45) is 4.99. The van der Waals surface area contributed by atoms with Gasteiger partial charge in [0.25, 0.3) is 0 Å². The lowest BCUT2D eigenvalue weighted by Crippen LogP contribution is -2.41. The molecule has 1 aromatic carbocycles. The van der Waals surface area contributed by atoms with Crippen molar-refractivity contribution in [1.29, 1.82) is 0 Å². The highest BCUT2D eigenvalue weighted by Crippen LogP contribution is 2.24. The second kappa shape index (κ2) is 6.55. The molecular weight excluding hydrogens is 226 g/mol. The Balaban J connectivity index is 1.87. The van der Waals surface area contributed by atoms with Gasteiger partial charge in [0.15, 0.2) is 0 Å². The minimum absolute atomic E-state index is 0.00659. The summed E-state index contributed by atoms with van der Waals surface area (Å²) in [6, 6.07) is 9.79. The summed E-state index contributed by atoms with van der Waals surface area (Å²) in [4.78, 5) is 12.0. The molecule has 2 N–H and O–H groups in total. The molecule has 0 radical (unpaired) electrons. The molecule has 0 aliphatic heterocycles. The molecule has 3 heteroatoms. The van der Waals surface area contributed by atoms with E-state index in [0.29, 0.717) is 6.42 Å². The molecule has 1 aliphatic carbocycles. The summed E-state index contributed by atoms with van der Waals surface area (Å²) in [5.74, 6) is 0.275. The first-order valence-corrected chi connectivity index (χ1v) is 6.74. The van der Waals surface area contributed by atoms with Crippen molar-refractivity contribution >= 4 is 5.91 Å². The van der Waals surface area contributed by atoms with Crippen LogP contribution in [0.2, 0.25) is 0 Å². The van der Waals surface area contributed by atoms with E-state index in [9.17, 15) is 9.90 Å². The zero-order chi connectivity index (χ0) is 12.8. The fraction of sp³-hybridized carbons (Fsp3) is 0.533. The van der Waals surface area contributed by atoms with Gasteiger partial charge >= 0.3 is 0 Å². The third-order valence-electron chi connectivity index (χ3n) is 3.62. The van der Waals surface area contributed by atoms with E-state index in [-0.39, 0.29) is 24.5 Å².